The summed E-state index contributed by atoms with van der Waals surface area (Å²) >= 11 is 0. The average molecular weight is 240 g/mol. The molecule has 0 radical (unpaired) electrons. The van der Waals surface area contributed by atoms with E-state index in [-0.39, 0.29) is 0 Å². The van der Waals surface area contributed by atoms with Crippen LogP contribution in [0, 0.1) is 17.3 Å². The summed E-state index contributed by atoms with van der Waals surface area (Å²) in [6.45, 7) is 11.1. The molecule has 0 aromatic heterocycles. The Hall–Kier alpha value is -0.0800. The van der Waals surface area contributed by atoms with Crippen LogP contribution < -0.4 is 11.1 Å². The molecule has 1 aliphatic carbocycles. The Morgan fingerprint density at radius 1 is 1.12 bits per heavy atom. The molecule has 0 amide bonds. The van der Waals surface area contributed by atoms with Gasteiger partial charge in [-0.3, -0.25) is 0 Å². The average Bonchev–Trinajstić information content (AvgIpc) is 2.66. The molecule has 0 aliphatic heterocycles. The Balaban J connectivity index is 2.49. The van der Waals surface area contributed by atoms with Crippen molar-refractivity contribution < 1.29 is 0 Å². The Morgan fingerprint density at radius 2 is 1.71 bits per heavy atom. The number of rotatable bonds is 7. The predicted octanol–water partition coefficient (Wildman–Crippen LogP) is 3.17. The summed E-state index contributed by atoms with van der Waals surface area (Å²) in [7, 11) is 0. The Labute approximate surface area is 108 Å². The maximum absolute atomic E-state index is 5.84. The van der Waals surface area contributed by atoms with Gasteiger partial charge in [0.05, 0.1) is 0 Å². The second-order valence-corrected chi connectivity index (χ2v) is 6.77. The molecule has 0 heterocycles. The molecule has 0 bridgehead atoms. The fourth-order valence-electron chi connectivity index (χ4n) is 3.38. The van der Waals surface area contributed by atoms with Crippen molar-refractivity contribution in [1.29, 1.82) is 0 Å². The molecular formula is C15H32N2. The third-order valence-electron chi connectivity index (χ3n) is 4.30. The van der Waals surface area contributed by atoms with Crippen molar-refractivity contribution in [3.05, 3.63) is 0 Å². The molecule has 1 fully saturated rings. The van der Waals surface area contributed by atoms with E-state index in [1.165, 1.54) is 38.6 Å². The van der Waals surface area contributed by atoms with Crippen molar-refractivity contribution >= 4 is 0 Å². The van der Waals surface area contributed by atoms with E-state index in [2.05, 4.69) is 33.0 Å². The molecular weight excluding hydrogens is 208 g/mol. The predicted molar refractivity (Wildman–Crippen MR) is 76.0 cm³/mol. The van der Waals surface area contributed by atoms with Crippen LogP contribution in [0.1, 0.15) is 59.8 Å². The van der Waals surface area contributed by atoms with Crippen LogP contribution in [-0.4, -0.2) is 19.1 Å². The molecule has 0 aromatic rings. The summed E-state index contributed by atoms with van der Waals surface area (Å²) < 4.78 is 0. The van der Waals surface area contributed by atoms with E-state index in [4.69, 9.17) is 5.73 Å². The van der Waals surface area contributed by atoms with E-state index in [1.807, 2.05) is 0 Å². The van der Waals surface area contributed by atoms with Crippen LogP contribution in [0.15, 0.2) is 0 Å². The van der Waals surface area contributed by atoms with Gasteiger partial charge in [0.25, 0.3) is 0 Å². The largest absolute Gasteiger partial charge is 0.329 e. The molecule has 1 atom stereocenters. The van der Waals surface area contributed by atoms with Crippen molar-refractivity contribution in [2.75, 3.05) is 13.1 Å². The van der Waals surface area contributed by atoms with E-state index >= 15 is 0 Å². The summed E-state index contributed by atoms with van der Waals surface area (Å²) in [5.74, 6) is 1.45. The Kier molecular flexibility index (Phi) is 5.94. The van der Waals surface area contributed by atoms with E-state index in [0.29, 0.717) is 17.4 Å². The maximum Gasteiger partial charge on any atom is 0.0213 e. The van der Waals surface area contributed by atoms with Crippen LogP contribution in [0.2, 0.25) is 0 Å². The molecule has 102 valence electrons. The van der Waals surface area contributed by atoms with Crippen LogP contribution in [-0.2, 0) is 0 Å². The second kappa shape index (κ2) is 6.75. The van der Waals surface area contributed by atoms with Crippen molar-refractivity contribution in [3.8, 4) is 0 Å². The van der Waals surface area contributed by atoms with Crippen molar-refractivity contribution in [1.82, 2.24) is 5.32 Å². The molecule has 1 aliphatic rings. The molecule has 3 N–H and O–H groups in total. The van der Waals surface area contributed by atoms with Gasteiger partial charge in [-0.2, -0.15) is 0 Å². The summed E-state index contributed by atoms with van der Waals surface area (Å²) in [5.41, 5.74) is 6.41. The summed E-state index contributed by atoms with van der Waals surface area (Å²) in [6, 6.07) is 0.486. The fraction of sp³-hybridized carbons (Fsp3) is 1.00. The quantitative estimate of drug-likeness (QED) is 0.717. The lowest BCUT2D eigenvalue weighted by Gasteiger charge is -2.34. The molecule has 0 saturated heterocycles. The fourth-order valence-corrected chi connectivity index (χ4v) is 3.38. The highest BCUT2D eigenvalue weighted by atomic mass is 14.9. The monoisotopic (exact) mass is 240 g/mol. The van der Waals surface area contributed by atoms with Gasteiger partial charge in [-0.05, 0) is 36.5 Å². The van der Waals surface area contributed by atoms with Crippen LogP contribution in [0.25, 0.3) is 0 Å². The molecule has 17 heavy (non-hydrogen) atoms. The van der Waals surface area contributed by atoms with Gasteiger partial charge in [0.2, 0.25) is 0 Å². The van der Waals surface area contributed by atoms with E-state index in [9.17, 15) is 0 Å². The SMILES string of the molecule is CC(C)CC1(CNC(CN)C(C)C)CCCC1. The van der Waals surface area contributed by atoms with Gasteiger partial charge < -0.3 is 11.1 Å². The smallest absolute Gasteiger partial charge is 0.0213 e. The molecule has 2 heteroatoms. The van der Waals surface area contributed by atoms with Gasteiger partial charge in [-0.15, -0.1) is 0 Å². The van der Waals surface area contributed by atoms with Crippen molar-refractivity contribution in [3.63, 3.8) is 0 Å². The van der Waals surface area contributed by atoms with Crippen molar-refractivity contribution in [2.24, 2.45) is 23.0 Å². The Morgan fingerprint density at radius 3 is 2.12 bits per heavy atom. The zero-order valence-electron chi connectivity index (χ0n) is 12.3. The van der Waals surface area contributed by atoms with Gasteiger partial charge in [0, 0.05) is 19.1 Å². The number of hydrogen-bond donors (Lipinski definition) is 2. The number of nitrogens with two attached hydrogens (primary N) is 1. The minimum Gasteiger partial charge on any atom is -0.329 e. The third-order valence-corrected chi connectivity index (χ3v) is 4.30. The maximum atomic E-state index is 5.84. The van der Waals surface area contributed by atoms with Crippen molar-refractivity contribution in [2.45, 2.75) is 65.8 Å². The van der Waals surface area contributed by atoms with Gasteiger partial charge >= 0.3 is 0 Å². The first-order valence-electron chi connectivity index (χ1n) is 7.42. The van der Waals surface area contributed by atoms with Gasteiger partial charge in [0.1, 0.15) is 0 Å². The second-order valence-electron chi connectivity index (χ2n) is 6.77. The first-order valence-corrected chi connectivity index (χ1v) is 7.42. The molecule has 1 saturated carbocycles. The zero-order valence-corrected chi connectivity index (χ0v) is 12.3. The van der Waals surface area contributed by atoms with Crippen LogP contribution in [0.5, 0.6) is 0 Å². The number of hydrogen-bond acceptors (Lipinski definition) is 2. The lowest BCUT2D eigenvalue weighted by atomic mass is 9.78. The lowest BCUT2D eigenvalue weighted by Crippen LogP contribution is -2.45. The highest BCUT2D eigenvalue weighted by Gasteiger charge is 2.34. The van der Waals surface area contributed by atoms with E-state index < -0.39 is 0 Å². The summed E-state index contributed by atoms with van der Waals surface area (Å²) in [4.78, 5) is 0. The topological polar surface area (TPSA) is 38.0 Å². The number of nitrogens with one attached hydrogen (secondary N) is 1. The van der Waals surface area contributed by atoms with Crippen LogP contribution >= 0.6 is 0 Å². The molecule has 0 spiro atoms. The standard InChI is InChI=1S/C15H32N2/c1-12(2)9-15(7-5-6-8-15)11-17-14(10-16)13(3)4/h12-14,17H,5-11,16H2,1-4H3. The first-order chi connectivity index (χ1) is 7.99. The summed E-state index contributed by atoms with van der Waals surface area (Å²) in [5, 5.41) is 3.73. The first kappa shape index (κ1) is 15.0. The zero-order chi connectivity index (χ0) is 12.9. The molecule has 1 unspecified atom stereocenters. The molecule has 0 aromatic carbocycles. The highest BCUT2D eigenvalue weighted by molar-refractivity contribution is 4.89. The van der Waals surface area contributed by atoms with Crippen LogP contribution in [0.4, 0.5) is 0 Å². The molecule has 1 rings (SSSR count). The molecule has 2 nitrogen and oxygen atoms in total. The lowest BCUT2D eigenvalue weighted by molar-refractivity contribution is 0.207. The normalized spacial score (nSPS) is 21.4. The van der Waals surface area contributed by atoms with Gasteiger partial charge in [-0.1, -0.05) is 40.5 Å². The minimum atomic E-state index is 0.486. The van der Waals surface area contributed by atoms with Crippen LogP contribution in [0.3, 0.4) is 0 Å². The van der Waals surface area contributed by atoms with Gasteiger partial charge in [0.15, 0.2) is 0 Å². The van der Waals surface area contributed by atoms with E-state index in [1.54, 1.807) is 0 Å². The van der Waals surface area contributed by atoms with Gasteiger partial charge in [-0.25, -0.2) is 0 Å². The summed E-state index contributed by atoms with van der Waals surface area (Å²) in [6.07, 6.45) is 7.03. The third kappa shape index (κ3) is 4.59. The minimum absolute atomic E-state index is 0.486. The van der Waals surface area contributed by atoms with E-state index in [0.717, 1.165) is 12.5 Å². The highest BCUT2D eigenvalue weighted by Crippen LogP contribution is 2.42. The Bertz CT molecular complexity index is 205.